The lowest BCUT2D eigenvalue weighted by Crippen LogP contribution is -1.95. The highest BCUT2D eigenvalue weighted by Gasteiger charge is 2.01. The lowest BCUT2D eigenvalue weighted by atomic mass is 10.1. The predicted octanol–water partition coefficient (Wildman–Crippen LogP) is 2.25. The van der Waals surface area contributed by atoms with Crippen molar-refractivity contribution in [2.24, 2.45) is 0 Å². The van der Waals surface area contributed by atoms with Crippen molar-refractivity contribution in [2.75, 3.05) is 0 Å². The first-order valence-electron chi connectivity index (χ1n) is 4.03. The molecule has 66 valence electrons. The number of rotatable bonds is 3. The molecule has 0 aliphatic carbocycles. The van der Waals surface area contributed by atoms with E-state index in [2.05, 4.69) is 6.11 Å². The molecule has 2 heteroatoms. The van der Waals surface area contributed by atoms with Crippen molar-refractivity contribution in [3.8, 4) is 18.3 Å². The van der Waals surface area contributed by atoms with Gasteiger partial charge in [-0.05, 0) is 24.3 Å². The van der Waals surface area contributed by atoms with Crippen LogP contribution < -0.4 is 4.74 Å². The number of Topliss-reactive ketones (excluding diaryl/α,β-unsaturated/α-hetero) is 1. The second kappa shape index (κ2) is 4.32. The number of carbonyl (C=O) groups is 1. The van der Waals surface area contributed by atoms with Crippen LogP contribution in [-0.2, 0) is 0 Å². The molecular weight excluding hydrogens is 164 g/mol. The summed E-state index contributed by atoms with van der Waals surface area (Å²) in [5, 5.41) is 0. The van der Waals surface area contributed by atoms with E-state index in [1.54, 1.807) is 24.3 Å². The first kappa shape index (κ1) is 9.34. The molecule has 1 rings (SSSR count). The second-order valence-electron chi connectivity index (χ2n) is 2.52. The second-order valence-corrected chi connectivity index (χ2v) is 2.52. The molecule has 0 amide bonds. The Kier molecular flexibility index (Phi) is 3.10. The molecular formula is C11H10O2. The van der Waals surface area contributed by atoms with E-state index in [1.807, 2.05) is 6.92 Å². The smallest absolute Gasteiger partial charge is 0.162 e. The summed E-state index contributed by atoms with van der Waals surface area (Å²) in [5.74, 6) is 0.697. The number of ether oxygens (including phenoxy) is 1. The highest BCUT2D eigenvalue weighted by atomic mass is 16.5. The number of terminal acetylenes is 1. The van der Waals surface area contributed by atoms with Crippen LogP contribution in [0.1, 0.15) is 23.7 Å². The Morgan fingerprint density at radius 1 is 1.46 bits per heavy atom. The molecule has 13 heavy (non-hydrogen) atoms. The number of hydrogen-bond acceptors (Lipinski definition) is 2. The van der Waals surface area contributed by atoms with Crippen LogP contribution in [0, 0.1) is 12.5 Å². The molecule has 0 N–H and O–H groups in total. The quantitative estimate of drug-likeness (QED) is 0.519. The van der Waals surface area contributed by atoms with Gasteiger partial charge in [-0.3, -0.25) is 4.79 Å². The van der Waals surface area contributed by atoms with Gasteiger partial charge in [0.25, 0.3) is 0 Å². The average molecular weight is 174 g/mol. The summed E-state index contributed by atoms with van der Waals surface area (Å²) in [6, 6.07) is 6.78. The number of carbonyl (C=O) groups excluding carboxylic acids is 1. The lowest BCUT2D eigenvalue weighted by molar-refractivity contribution is 0.0988. The normalized spacial score (nSPS) is 8.92. The molecule has 0 aromatic heterocycles. The molecule has 0 saturated heterocycles. The number of hydrogen-bond donors (Lipinski definition) is 0. The summed E-state index contributed by atoms with van der Waals surface area (Å²) in [6.07, 6.45) is 7.52. The average Bonchev–Trinajstić information content (AvgIpc) is 2.18. The van der Waals surface area contributed by atoms with Crippen molar-refractivity contribution in [3.05, 3.63) is 29.8 Å². The first-order chi connectivity index (χ1) is 6.27. The zero-order chi connectivity index (χ0) is 9.68. The molecule has 1 aromatic rings. The Labute approximate surface area is 77.5 Å². The van der Waals surface area contributed by atoms with Gasteiger partial charge < -0.3 is 4.74 Å². The summed E-state index contributed by atoms with van der Waals surface area (Å²) in [6.45, 7) is 1.83. The van der Waals surface area contributed by atoms with Crippen LogP contribution in [0.2, 0.25) is 0 Å². The Hall–Kier alpha value is -1.75. The number of ketones is 1. The highest BCUT2D eigenvalue weighted by Crippen LogP contribution is 2.12. The predicted molar refractivity (Wildman–Crippen MR) is 50.5 cm³/mol. The van der Waals surface area contributed by atoms with Gasteiger partial charge in [-0.2, -0.15) is 0 Å². The van der Waals surface area contributed by atoms with E-state index < -0.39 is 0 Å². The van der Waals surface area contributed by atoms with Crippen LogP contribution in [0.25, 0.3) is 0 Å². The van der Waals surface area contributed by atoms with Gasteiger partial charge in [-0.25, -0.2) is 0 Å². The van der Waals surface area contributed by atoms with E-state index in [-0.39, 0.29) is 5.78 Å². The summed E-state index contributed by atoms with van der Waals surface area (Å²) in [7, 11) is 0. The highest BCUT2D eigenvalue weighted by molar-refractivity contribution is 5.95. The Morgan fingerprint density at radius 2 is 2.08 bits per heavy atom. The fraction of sp³-hybridized carbons (Fsp3) is 0.182. The van der Waals surface area contributed by atoms with Crippen molar-refractivity contribution >= 4 is 5.78 Å². The maximum absolute atomic E-state index is 11.2. The van der Waals surface area contributed by atoms with Crippen LogP contribution >= 0.6 is 0 Å². The van der Waals surface area contributed by atoms with Gasteiger partial charge in [0, 0.05) is 12.0 Å². The van der Waals surface area contributed by atoms with E-state index in [0.717, 1.165) is 0 Å². The van der Waals surface area contributed by atoms with Gasteiger partial charge in [0.2, 0.25) is 0 Å². The molecule has 0 aliphatic rings. The zero-order valence-electron chi connectivity index (χ0n) is 7.41. The SMILES string of the molecule is C#COc1ccc(C(=O)CC)cc1. The van der Waals surface area contributed by atoms with Gasteiger partial charge in [-0.1, -0.05) is 13.3 Å². The fourth-order valence-corrected chi connectivity index (χ4v) is 0.981. The lowest BCUT2D eigenvalue weighted by Gasteiger charge is -1.99. The molecule has 0 saturated carbocycles. The van der Waals surface area contributed by atoms with Gasteiger partial charge in [0.1, 0.15) is 11.9 Å². The molecule has 0 fully saturated rings. The van der Waals surface area contributed by atoms with Gasteiger partial charge in [0.15, 0.2) is 5.78 Å². The maximum atomic E-state index is 11.2. The minimum atomic E-state index is 0.118. The molecule has 0 atom stereocenters. The largest absolute Gasteiger partial charge is 0.408 e. The van der Waals surface area contributed by atoms with Crippen LogP contribution in [-0.4, -0.2) is 5.78 Å². The molecule has 1 aromatic carbocycles. The third-order valence-electron chi connectivity index (χ3n) is 1.67. The minimum Gasteiger partial charge on any atom is -0.408 e. The molecule has 0 bridgehead atoms. The fourth-order valence-electron chi connectivity index (χ4n) is 0.981. The van der Waals surface area contributed by atoms with Crippen molar-refractivity contribution < 1.29 is 9.53 Å². The standard InChI is InChI=1S/C11H10O2/c1-3-11(12)9-5-7-10(8-6-9)13-4-2/h2,5-8H,3H2,1H3. The van der Waals surface area contributed by atoms with E-state index in [1.165, 1.54) is 0 Å². The molecule has 0 aliphatic heterocycles. The van der Waals surface area contributed by atoms with E-state index in [4.69, 9.17) is 11.2 Å². The van der Waals surface area contributed by atoms with E-state index in [9.17, 15) is 4.79 Å². The van der Waals surface area contributed by atoms with Crippen LogP contribution in [0.5, 0.6) is 5.75 Å². The molecule has 0 heterocycles. The van der Waals surface area contributed by atoms with Gasteiger partial charge in [-0.15, -0.1) is 0 Å². The maximum Gasteiger partial charge on any atom is 0.162 e. The third kappa shape index (κ3) is 2.34. The molecule has 2 nitrogen and oxygen atoms in total. The summed E-state index contributed by atoms with van der Waals surface area (Å²) < 4.78 is 4.79. The Bertz CT molecular complexity index is 330. The van der Waals surface area contributed by atoms with Crippen molar-refractivity contribution in [1.29, 1.82) is 0 Å². The Morgan fingerprint density at radius 3 is 2.54 bits per heavy atom. The summed E-state index contributed by atoms with van der Waals surface area (Å²) in [5.41, 5.74) is 0.687. The molecule has 0 spiro atoms. The van der Waals surface area contributed by atoms with Crippen LogP contribution in [0.15, 0.2) is 24.3 Å². The van der Waals surface area contributed by atoms with E-state index in [0.29, 0.717) is 17.7 Å². The monoisotopic (exact) mass is 174 g/mol. The number of benzene rings is 1. The topological polar surface area (TPSA) is 26.3 Å². The first-order valence-corrected chi connectivity index (χ1v) is 4.03. The van der Waals surface area contributed by atoms with Crippen LogP contribution in [0.4, 0.5) is 0 Å². The molecule has 0 unspecified atom stereocenters. The zero-order valence-corrected chi connectivity index (χ0v) is 7.41. The van der Waals surface area contributed by atoms with Crippen LogP contribution in [0.3, 0.4) is 0 Å². The summed E-state index contributed by atoms with van der Waals surface area (Å²) in [4.78, 5) is 11.2. The Balaban J connectivity index is 2.82. The van der Waals surface area contributed by atoms with Crippen molar-refractivity contribution in [2.45, 2.75) is 13.3 Å². The van der Waals surface area contributed by atoms with Gasteiger partial charge >= 0.3 is 0 Å². The van der Waals surface area contributed by atoms with Gasteiger partial charge in [0.05, 0.1) is 0 Å². The van der Waals surface area contributed by atoms with Crippen molar-refractivity contribution in [1.82, 2.24) is 0 Å². The minimum absolute atomic E-state index is 0.118. The third-order valence-corrected chi connectivity index (χ3v) is 1.67. The molecule has 0 radical (unpaired) electrons. The van der Waals surface area contributed by atoms with E-state index >= 15 is 0 Å². The van der Waals surface area contributed by atoms with Crippen molar-refractivity contribution in [3.63, 3.8) is 0 Å². The summed E-state index contributed by atoms with van der Waals surface area (Å²) >= 11 is 0.